The Morgan fingerprint density at radius 3 is 2.45 bits per heavy atom. The van der Waals surface area contributed by atoms with Gasteiger partial charge in [0.1, 0.15) is 11.8 Å². The van der Waals surface area contributed by atoms with E-state index >= 15 is 0 Å². The molecule has 0 bridgehead atoms. The van der Waals surface area contributed by atoms with Gasteiger partial charge in [-0.15, -0.1) is 0 Å². The summed E-state index contributed by atoms with van der Waals surface area (Å²) in [6.45, 7) is 7.06. The number of carboxylic acids is 1. The SMILES string of the molecule is CC(C)(C)c1ccc(OCCSC[C@@H](N)C(=O)O)cc1. The van der Waals surface area contributed by atoms with Crippen LogP contribution in [0.3, 0.4) is 0 Å². The summed E-state index contributed by atoms with van der Waals surface area (Å²) in [6, 6.07) is 7.28. The third-order valence-corrected chi connectivity index (χ3v) is 3.88. The van der Waals surface area contributed by atoms with Gasteiger partial charge in [0.25, 0.3) is 0 Å². The first-order valence-corrected chi connectivity index (χ1v) is 7.75. The van der Waals surface area contributed by atoms with Crippen LogP contribution in [0.1, 0.15) is 26.3 Å². The molecule has 0 aliphatic carbocycles. The van der Waals surface area contributed by atoms with E-state index in [4.69, 9.17) is 15.6 Å². The number of rotatable bonds is 7. The third-order valence-electron chi connectivity index (χ3n) is 2.83. The van der Waals surface area contributed by atoms with Crippen molar-refractivity contribution in [2.75, 3.05) is 18.1 Å². The van der Waals surface area contributed by atoms with E-state index in [0.717, 1.165) is 11.5 Å². The first kappa shape index (κ1) is 16.9. The Bertz CT molecular complexity index is 426. The van der Waals surface area contributed by atoms with E-state index in [1.807, 2.05) is 12.1 Å². The molecule has 0 amide bonds. The number of ether oxygens (including phenoxy) is 1. The lowest BCUT2D eigenvalue weighted by Crippen LogP contribution is -2.32. The monoisotopic (exact) mass is 297 g/mol. The Morgan fingerprint density at radius 1 is 1.35 bits per heavy atom. The van der Waals surface area contributed by atoms with Crippen molar-refractivity contribution in [2.24, 2.45) is 5.73 Å². The summed E-state index contributed by atoms with van der Waals surface area (Å²) < 4.78 is 5.61. The van der Waals surface area contributed by atoms with Crippen molar-refractivity contribution in [3.05, 3.63) is 29.8 Å². The quantitative estimate of drug-likeness (QED) is 0.757. The third kappa shape index (κ3) is 5.84. The van der Waals surface area contributed by atoms with Gasteiger partial charge in [-0.3, -0.25) is 4.79 Å². The second-order valence-electron chi connectivity index (χ2n) is 5.64. The van der Waals surface area contributed by atoms with Crippen LogP contribution >= 0.6 is 11.8 Å². The highest BCUT2D eigenvalue weighted by Gasteiger charge is 2.13. The van der Waals surface area contributed by atoms with Crippen molar-refractivity contribution in [1.29, 1.82) is 0 Å². The Labute approximate surface area is 124 Å². The normalized spacial score (nSPS) is 13.0. The first-order chi connectivity index (χ1) is 9.30. The summed E-state index contributed by atoms with van der Waals surface area (Å²) in [5, 5.41) is 8.64. The van der Waals surface area contributed by atoms with E-state index in [2.05, 4.69) is 32.9 Å². The zero-order valence-electron chi connectivity index (χ0n) is 12.3. The first-order valence-electron chi connectivity index (χ1n) is 6.60. The molecule has 20 heavy (non-hydrogen) atoms. The number of aliphatic carboxylic acids is 1. The van der Waals surface area contributed by atoms with Crippen LogP contribution in [0, 0.1) is 0 Å². The van der Waals surface area contributed by atoms with Crippen LogP contribution in [0.2, 0.25) is 0 Å². The highest BCUT2D eigenvalue weighted by atomic mass is 32.2. The van der Waals surface area contributed by atoms with Crippen molar-refractivity contribution >= 4 is 17.7 Å². The average molecular weight is 297 g/mol. The zero-order chi connectivity index (χ0) is 15.2. The number of carboxylic acid groups (broad SMARTS) is 1. The van der Waals surface area contributed by atoms with Crippen molar-refractivity contribution < 1.29 is 14.6 Å². The van der Waals surface area contributed by atoms with Gasteiger partial charge in [-0.2, -0.15) is 11.8 Å². The molecule has 1 aromatic rings. The van der Waals surface area contributed by atoms with Gasteiger partial charge in [-0.25, -0.2) is 0 Å². The molecule has 4 nitrogen and oxygen atoms in total. The molecule has 1 rings (SSSR count). The summed E-state index contributed by atoms with van der Waals surface area (Å²) in [6.07, 6.45) is 0. The molecular weight excluding hydrogens is 274 g/mol. The summed E-state index contributed by atoms with van der Waals surface area (Å²) in [4.78, 5) is 10.5. The lowest BCUT2D eigenvalue weighted by atomic mass is 9.87. The van der Waals surface area contributed by atoms with Crippen molar-refractivity contribution in [3.63, 3.8) is 0 Å². The van der Waals surface area contributed by atoms with Crippen molar-refractivity contribution in [1.82, 2.24) is 0 Å². The van der Waals surface area contributed by atoms with Gasteiger partial charge >= 0.3 is 5.97 Å². The van der Waals surface area contributed by atoms with Gasteiger partial charge in [0.15, 0.2) is 0 Å². The molecule has 3 N–H and O–H groups in total. The lowest BCUT2D eigenvalue weighted by molar-refractivity contribution is -0.137. The van der Waals surface area contributed by atoms with Crippen LogP contribution in [0.5, 0.6) is 5.75 Å². The summed E-state index contributed by atoms with van der Waals surface area (Å²) >= 11 is 1.49. The maximum absolute atomic E-state index is 10.5. The molecule has 0 aliphatic rings. The molecule has 0 unspecified atom stereocenters. The molecule has 0 spiro atoms. The van der Waals surface area contributed by atoms with Gasteiger partial charge in [-0.1, -0.05) is 32.9 Å². The molecule has 5 heteroatoms. The van der Waals surface area contributed by atoms with Crippen LogP contribution < -0.4 is 10.5 Å². The molecule has 0 aliphatic heterocycles. The molecule has 0 heterocycles. The Kier molecular flexibility index (Phi) is 6.36. The van der Waals surface area contributed by atoms with Crippen LogP contribution in [0.15, 0.2) is 24.3 Å². The number of benzene rings is 1. The Morgan fingerprint density at radius 2 is 1.95 bits per heavy atom. The second kappa shape index (κ2) is 7.55. The van der Waals surface area contributed by atoms with E-state index in [1.54, 1.807) is 0 Å². The van der Waals surface area contributed by atoms with E-state index in [9.17, 15) is 4.79 Å². The molecule has 0 fully saturated rings. The molecule has 1 atom stereocenters. The predicted molar refractivity (Wildman–Crippen MR) is 83.6 cm³/mol. The zero-order valence-corrected chi connectivity index (χ0v) is 13.1. The summed E-state index contributed by atoms with van der Waals surface area (Å²) in [7, 11) is 0. The topological polar surface area (TPSA) is 72.5 Å². The molecule has 1 aromatic carbocycles. The molecular formula is C15H23NO3S. The standard InChI is InChI=1S/C15H23NO3S/c1-15(2,3)11-4-6-12(7-5-11)19-8-9-20-10-13(16)14(17)18/h4-7,13H,8-10,16H2,1-3H3,(H,17,18)/t13-/m1/s1. The molecule has 0 saturated heterocycles. The van der Waals surface area contributed by atoms with Crippen LogP contribution in [-0.4, -0.2) is 35.2 Å². The smallest absolute Gasteiger partial charge is 0.321 e. The van der Waals surface area contributed by atoms with Gasteiger partial charge in [-0.05, 0) is 23.1 Å². The van der Waals surface area contributed by atoms with Crippen molar-refractivity contribution in [3.8, 4) is 5.75 Å². The summed E-state index contributed by atoms with van der Waals surface area (Å²) in [5.41, 5.74) is 6.82. The second-order valence-corrected chi connectivity index (χ2v) is 6.79. The van der Waals surface area contributed by atoms with Gasteiger partial charge in [0, 0.05) is 11.5 Å². The Balaban J connectivity index is 2.28. The maximum atomic E-state index is 10.5. The lowest BCUT2D eigenvalue weighted by Gasteiger charge is -2.19. The minimum Gasteiger partial charge on any atom is -0.493 e. The number of hydrogen-bond acceptors (Lipinski definition) is 4. The maximum Gasteiger partial charge on any atom is 0.321 e. The minimum absolute atomic E-state index is 0.140. The van der Waals surface area contributed by atoms with Crippen LogP contribution in [-0.2, 0) is 10.2 Å². The van der Waals surface area contributed by atoms with E-state index in [-0.39, 0.29) is 5.41 Å². The van der Waals surface area contributed by atoms with Gasteiger partial charge in [0.2, 0.25) is 0 Å². The highest BCUT2D eigenvalue weighted by molar-refractivity contribution is 7.99. The molecule has 0 saturated carbocycles. The fraction of sp³-hybridized carbons (Fsp3) is 0.533. The largest absolute Gasteiger partial charge is 0.493 e. The van der Waals surface area contributed by atoms with Crippen molar-refractivity contribution in [2.45, 2.75) is 32.2 Å². The average Bonchev–Trinajstić information content (AvgIpc) is 2.37. The summed E-state index contributed by atoms with van der Waals surface area (Å²) in [5.74, 6) is 1.00. The minimum atomic E-state index is -0.962. The molecule has 112 valence electrons. The van der Waals surface area contributed by atoms with Gasteiger partial charge in [0.05, 0.1) is 6.61 Å². The van der Waals surface area contributed by atoms with Crippen LogP contribution in [0.4, 0.5) is 0 Å². The molecule has 0 radical (unpaired) electrons. The van der Waals surface area contributed by atoms with E-state index < -0.39 is 12.0 Å². The fourth-order valence-corrected chi connectivity index (χ4v) is 2.32. The number of carbonyl (C=O) groups is 1. The predicted octanol–water partition coefficient (Wildman–Crippen LogP) is 2.51. The van der Waals surface area contributed by atoms with E-state index in [0.29, 0.717) is 12.4 Å². The van der Waals surface area contributed by atoms with Gasteiger partial charge < -0.3 is 15.6 Å². The number of hydrogen-bond donors (Lipinski definition) is 2. The Hall–Kier alpha value is -1.20. The highest BCUT2D eigenvalue weighted by Crippen LogP contribution is 2.24. The molecule has 0 aromatic heterocycles. The van der Waals surface area contributed by atoms with Crippen LogP contribution in [0.25, 0.3) is 0 Å². The fourth-order valence-electron chi connectivity index (χ4n) is 1.55. The number of thioether (sulfide) groups is 1. The van der Waals surface area contributed by atoms with E-state index in [1.165, 1.54) is 17.3 Å². The number of nitrogens with two attached hydrogens (primary N) is 1.